The third kappa shape index (κ3) is 2.34. The lowest BCUT2D eigenvalue weighted by Gasteiger charge is -2.01. The van der Waals surface area contributed by atoms with Crippen LogP contribution in [0.4, 0.5) is 5.69 Å². The number of hydrogen-bond acceptors (Lipinski definition) is 2. The van der Waals surface area contributed by atoms with Crippen molar-refractivity contribution in [1.82, 2.24) is 0 Å². The van der Waals surface area contributed by atoms with Gasteiger partial charge in [-0.05, 0) is 11.6 Å². The second-order valence-electron chi connectivity index (χ2n) is 2.73. The zero-order chi connectivity index (χ0) is 11.3. The van der Waals surface area contributed by atoms with Gasteiger partial charge in [-0.1, -0.05) is 24.8 Å². The molecule has 0 aliphatic heterocycles. The Morgan fingerprint density at radius 1 is 1.67 bits per heavy atom. The fraction of sp³-hybridized carbons (Fsp3) is 0.0833. The Morgan fingerprint density at radius 3 is 2.93 bits per heavy atom. The quantitative estimate of drug-likeness (QED) is 0.416. The summed E-state index contributed by atoms with van der Waals surface area (Å²) in [6, 6.07) is 4.71. The zero-order valence-electron chi connectivity index (χ0n) is 8.28. The second kappa shape index (κ2) is 4.80. The Hall–Kier alpha value is -2.30. The highest BCUT2D eigenvalue weighted by Crippen LogP contribution is 2.22. The largest absolute Gasteiger partial charge is 0.465 e. The second-order valence-corrected chi connectivity index (χ2v) is 2.73. The van der Waals surface area contributed by atoms with Gasteiger partial charge in [-0.15, -0.1) is 5.73 Å². The fourth-order valence-electron chi connectivity index (χ4n) is 1.13. The number of methoxy groups -OCH3 is 1. The van der Waals surface area contributed by atoms with Crippen LogP contribution >= 0.6 is 0 Å². The Kier molecular flexibility index (Phi) is 3.45. The van der Waals surface area contributed by atoms with Gasteiger partial charge in [0.1, 0.15) is 0 Å². The van der Waals surface area contributed by atoms with Gasteiger partial charge in [-0.3, -0.25) is 0 Å². The standard InChI is InChI=1S/C12H9NO2/c1-4-5-9-8-10(12(14)15-3)6-7-11(9)13-2/h5-8H,1H2,3H3. The van der Waals surface area contributed by atoms with Crippen LogP contribution in [0.3, 0.4) is 0 Å². The number of ether oxygens (including phenoxy) is 1. The van der Waals surface area contributed by atoms with E-state index in [0.717, 1.165) is 0 Å². The van der Waals surface area contributed by atoms with Crippen molar-refractivity contribution in [1.29, 1.82) is 0 Å². The summed E-state index contributed by atoms with van der Waals surface area (Å²) in [5.41, 5.74) is 4.05. The minimum absolute atomic E-state index is 0.409. The van der Waals surface area contributed by atoms with Gasteiger partial charge in [0.05, 0.1) is 19.2 Å². The summed E-state index contributed by atoms with van der Waals surface area (Å²) in [4.78, 5) is 14.5. The maximum Gasteiger partial charge on any atom is 0.337 e. The van der Waals surface area contributed by atoms with E-state index in [9.17, 15) is 4.79 Å². The molecule has 0 N–H and O–H groups in total. The molecule has 1 rings (SSSR count). The number of benzene rings is 1. The van der Waals surface area contributed by atoms with E-state index in [1.807, 2.05) is 0 Å². The zero-order valence-corrected chi connectivity index (χ0v) is 8.28. The van der Waals surface area contributed by atoms with E-state index in [-0.39, 0.29) is 0 Å². The monoisotopic (exact) mass is 199 g/mol. The van der Waals surface area contributed by atoms with Crippen LogP contribution in [-0.4, -0.2) is 13.1 Å². The minimum Gasteiger partial charge on any atom is -0.465 e. The van der Waals surface area contributed by atoms with Crippen molar-refractivity contribution in [3.8, 4) is 0 Å². The van der Waals surface area contributed by atoms with Gasteiger partial charge in [0.2, 0.25) is 0 Å². The molecule has 0 fully saturated rings. The Balaban J connectivity index is 3.29. The maximum atomic E-state index is 11.2. The number of carbonyl (C=O) groups excluding carboxylic acids is 1. The first-order valence-corrected chi connectivity index (χ1v) is 4.18. The summed E-state index contributed by atoms with van der Waals surface area (Å²) < 4.78 is 4.58. The lowest BCUT2D eigenvalue weighted by Crippen LogP contribution is -2.00. The molecule has 0 amide bonds. The molecule has 0 saturated carbocycles. The van der Waals surface area contributed by atoms with E-state index in [2.05, 4.69) is 21.9 Å². The summed E-state index contributed by atoms with van der Waals surface area (Å²) in [5.74, 6) is -0.426. The van der Waals surface area contributed by atoms with Crippen molar-refractivity contribution in [2.45, 2.75) is 0 Å². The summed E-state index contributed by atoms with van der Waals surface area (Å²) in [5, 5.41) is 0. The third-order valence-electron chi connectivity index (χ3n) is 1.83. The van der Waals surface area contributed by atoms with Crippen LogP contribution < -0.4 is 0 Å². The highest BCUT2D eigenvalue weighted by Gasteiger charge is 2.07. The van der Waals surface area contributed by atoms with Crippen LogP contribution in [0.2, 0.25) is 0 Å². The van der Waals surface area contributed by atoms with E-state index in [1.54, 1.807) is 24.3 Å². The molecule has 0 spiro atoms. The molecule has 0 saturated heterocycles. The van der Waals surface area contributed by atoms with E-state index in [0.29, 0.717) is 16.8 Å². The number of carbonyl (C=O) groups is 1. The lowest BCUT2D eigenvalue weighted by atomic mass is 10.1. The van der Waals surface area contributed by atoms with Gasteiger partial charge in [-0.25, -0.2) is 9.64 Å². The van der Waals surface area contributed by atoms with E-state index < -0.39 is 5.97 Å². The molecular formula is C12H9NO2. The molecule has 74 valence electrons. The summed E-state index contributed by atoms with van der Waals surface area (Å²) in [7, 11) is 1.31. The first-order valence-electron chi connectivity index (χ1n) is 4.18. The molecule has 0 heterocycles. The minimum atomic E-state index is -0.426. The van der Waals surface area contributed by atoms with E-state index in [1.165, 1.54) is 7.11 Å². The van der Waals surface area contributed by atoms with Gasteiger partial charge in [0.25, 0.3) is 0 Å². The van der Waals surface area contributed by atoms with Gasteiger partial charge < -0.3 is 4.74 Å². The van der Waals surface area contributed by atoms with Crippen molar-refractivity contribution in [2.24, 2.45) is 0 Å². The van der Waals surface area contributed by atoms with Crippen LogP contribution in [0.1, 0.15) is 15.9 Å². The maximum absolute atomic E-state index is 11.2. The fourth-order valence-corrected chi connectivity index (χ4v) is 1.13. The molecule has 1 aromatic carbocycles. The van der Waals surface area contributed by atoms with Gasteiger partial charge >= 0.3 is 5.97 Å². The third-order valence-corrected chi connectivity index (χ3v) is 1.83. The summed E-state index contributed by atoms with van der Waals surface area (Å²) in [6.45, 7) is 10.4. The van der Waals surface area contributed by atoms with Crippen molar-refractivity contribution in [2.75, 3.05) is 7.11 Å². The molecular weight excluding hydrogens is 190 g/mol. The van der Waals surface area contributed by atoms with Crippen molar-refractivity contribution < 1.29 is 9.53 Å². The van der Waals surface area contributed by atoms with Crippen LogP contribution in [0.15, 0.2) is 30.5 Å². The average Bonchev–Trinajstić information content (AvgIpc) is 2.28. The van der Waals surface area contributed by atoms with Crippen molar-refractivity contribution in [3.05, 3.63) is 53.1 Å². The Morgan fingerprint density at radius 2 is 2.40 bits per heavy atom. The molecule has 3 nitrogen and oxygen atoms in total. The van der Waals surface area contributed by atoms with Crippen LogP contribution in [0.25, 0.3) is 10.9 Å². The van der Waals surface area contributed by atoms with E-state index >= 15 is 0 Å². The molecule has 0 bridgehead atoms. The van der Waals surface area contributed by atoms with Gasteiger partial charge in [0.15, 0.2) is 5.69 Å². The Labute approximate surface area is 88.1 Å². The van der Waals surface area contributed by atoms with Gasteiger partial charge in [-0.2, -0.15) is 0 Å². The summed E-state index contributed by atoms with van der Waals surface area (Å²) in [6.07, 6.45) is 1.56. The molecule has 0 atom stereocenters. The van der Waals surface area contributed by atoms with E-state index in [4.69, 9.17) is 6.57 Å². The molecule has 0 unspecified atom stereocenters. The lowest BCUT2D eigenvalue weighted by molar-refractivity contribution is 0.0601. The number of rotatable bonds is 2. The molecule has 0 aliphatic rings. The normalized spacial score (nSPS) is 8.53. The van der Waals surface area contributed by atoms with Crippen LogP contribution in [0, 0.1) is 6.57 Å². The predicted molar refractivity (Wildman–Crippen MR) is 57.6 cm³/mol. The molecule has 0 radical (unpaired) electrons. The first-order chi connectivity index (χ1) is 7.22. The smallest absolute Gasteiger partial charge is 0.337 e. The highest BCUT2D eigenvalue weighted by molar-refractivity contribution is 5.91. The molecule has 3 heteroatoms. The molecule has 0 aromatic heterocycles. The summed E-state index contributed by atoms with van der Waals surface area (Å²) >= 11 is 0. The number of nitrogens with zero attached hydrogens (tertiary/aromatic N) is 1. The highest BCUT2D eigenvalue weighted by atomic mass is 16.5. The predicted octanol–water partition coefficient (Wildman–Crippen LogP) is 2.82. The topological polar surface area (TPSA) is 30.7 Å². The first kappa shape index (κ1) is 10.8. The molecule has 15 heavy (non-hydrogen) atoms. The SMILES string of the molecule is [C-]#[N+]c1ccc(C(=O)OC)cc1C=C=C. The van der Waals surface area contributed by atoms with Crippen LogP contribution in [0.5, 0.6) is 0 Å². The van der Waals surface area contributed by atoms with Crippen molar-refractivity contribution >= 4 is 17.7 Å². The number of esters is 1. The molecule has 1 aromatic rings. The van der Waals surface area contributed by atoms with Crippen molar-refractivity contribution in [3.63, 3.8) is 0 Å². The Bertz CT molecular complexity index is 477. The van der Waals surface area contributed by atoms with Gasteiger partial charge in [0, 0.05) is 0 Å². The average molecular weight is 199 g/mol. The molecule has 0 aliphatic carbocycles. The van der Waals surface area contributed by atoms with Crippen LogP contribution in [-0.2, 0) is 4.74 Å². The number of hydrogen-bond donors (Lipinski definition) is 0.